The maximum atomic E-state index is 13.1. The van der Waals surface area contributed by atoms with Crippen molar-refractivity contribution in [2.45, 2.75) is 39.2 Å². The fraction of sp³-hybridized carbons (Fsp3) is 0.364. The third kappa shape index (κ3) is 3.98. The molecule has 1 saturated heterocycles. The van der Waals surface area contributed by atoms with Crippen LogP contribution in [-0.2, 0) is 0 Å². The van der Waals surface area contributed by atoms with E-state index in [-0.39, 0.29) is 17.6 Å². The Hall–Kier alpha value is -3.42. The number of hydrogen-bond acceptors (Lipinski definition) is 5. The Labute approximate surface area is 174 Å². The molecule has 3 aromatic rings. The molecule has 1 aromatic heterocycles. The van der Waals surface area contributed by atoms with Gasteiger partial charge in [-0.05, 0) is 57.4 Å². The minimum Gasteiger partial charge on any atom is -0.371 e. The van der Waals surface area contributed by atoms with Crippen molar-refractivity contribution in [3.8, 4) is 0 Å². The van der Waals surface area contributed by atoms with Crippen LogP contribution in [0.2, 0.25) is 0 Å². The lowest BCUT2D eigenvalue weighted by atomic mass is 10.1. The van der Waals surface area contributed by atoms with Crippen LogP contribution < -0.4 is 10.2 Å². The summed E-state index contributed by atoms with van der Waals surface area (Å²) in [5.74, 6) is -0.352. The van der Waals surface area contributed by atoms with E-state index in [2.05, 4.69) is 29.2 Å². The molecule has 0 unspecified atom stereocenters. The molecular formula is C22H25N5O3. The van der Waals surface area contributed by atoms with Crippen LogP contribution in [-0.4, -0.2) is 33.7 Å². The molecule has 1 aliphatic heterocycles. The van der Waals surface area contributed by atoms with Gasteiger partial charge in [0.2, 0.25) is 0 Å². The van der Waals surface area contributed by atoms with Crippen LogP contribution in [0.3, 0.4) is 0 Å². The summed E-state index contributed by atoms with van der Waals surface area (Å²) in [5.41, 5.74) is 2.46. The Morgan fingerprint density at radius 3 is 2.60 bits per heavy atom. The molecule has 0 aliphatic carbocycles. The number of non-ortho nitro benzene ring substituents is 1. The van der Waals surface area contributed by atoms with Gasteiger partial charge in [0.05, 0.1) is 21.7 Å². The van der Waals surface area contributed by atoms with E-state index >= 15 is 0 Å². The van der Waals surface area contributed by atoms with Crippen molar-refractivity contribution in [1.82, 2.24) is 9.78 Å². The molecule has 0 radical (unpaired) electrons. The molecule has 30 heavy (non-hydrogen) atoms. The van der Waals surface area contributed by atoms with E-state index in [9.17, 15) is 14.9 Å². The second-order valence-corrected chi connectivity index (χ2v) is 7.94. The molecule has 156 valence electrons. The van der Waals surface area contributed by atoms with E-state index < -0.39 is 4.92 Å². The van der Waals surface area contributed by atoms with E-state index in [1.165, 1.54) is 12.1 Å². The summed E-state index contributed by atoms with van der Waals surface area (Å²) in [6, 6.07) is 10.3. The molecule has 0 bridgehead atoms. The second kappa shape index (κ2) is 8.14. The lowest BCUT2D eigenvalue weighted by Crippen LogP contribution is -2.31. The first-order valence-electron chi connectivity index (χ1n) is 10.3. The summed E-state index contributed by atoms with van der Waals surface area (Å²) in [4.78, 5) is 26.1. The van der Waals surface area contributed by atoms with Crippen molar-refractivity contribution in [1.29, 1.82) is 0 Å². The van der Waals surface area contributed by atoms with Gasteiger partial charge < -0.3 is 10.2 Å². The van der Waals surface area contributed by atoms with Gasteiger partial charge in [0.25, 0.3) is 11.6 Å². The van der Waals surface area contributed by atoms with Crippen molar-refractivity contribution < 1.29 is 9.72 Å². The van der Waals surface area contributed by atoms with Gasteiger partial charge in [0.15, 0.2) is 0 Å². The minimum absolute atomic E-state index is 0.0884. The second-order valence-electron chi connectivity index (χ2n) is 7.94. The molecule has 0 atom stereocenters. The molecule has 1 amide bonds. The van der Waals surface area contributed by atoms with Gasteiger partial charge in [-0.15, -0.1) is 0 Å². The number of benzene rings is 2. The number of nitrogens with one attached hydrogen (secondary N) is 1. The highest BCUT2D eigenvalue weighted by Gasteiger charge is 2.22. The first-order valence-corrected chi connectivity index (χ1v) is 10.3. The van der Waals surface area contributed by atoms with E-state index in [1.807, 2.05) is 23.0 Å². The Bertz CT molecular complexity index is 1100. The maximum absolute atomic E-state index is 13.1. The van der Waals surface area contributed by atoms with Crippen LogP contribution in [0.25, 0.3) is 10.9 Å². The predicted molar refractivity (Wildman–Crippen MR) is 117 cm³/mol. The topological polar surface area (TPSA) is 93.3 Å². The number of anilines is 2. The third-order valence-electron chi connectivity index (χ3n) is 5.44. The van der Waals surface area contributed by atoms with E-state index in [0.29, 0.717) is 11.3 Å². The molecule has 1 aliphatic rings. The fourth-order valence-electron chi connectivity index (χ4n) is 3.82. The largest absolute Gasteiger partial charge is 0.371 e. The number of nitro groups is 1. The number of rotatable bonds is 5. The van der Waals surface area contributed by atoms with Gasteiger partial charge in [-0.1, -0.05) is 0 Å². The van der Waals surface area contributed by atoms with Crippen LogP contribution >= 0.6 is 0 Å². The highest BCUT2D eigenvalue weighted by atomic mass is 16.6. The summed E-state index contributed by atoms with van der Waals surface area (Å²) < 4.78 is 1.88. The van der Waals surface area contributed by atoms with Crippen LogP contribution in [0, 0.1) is 10.1 Å². The summed E-state index contributed by atoms with van der Waals surface area (Å²) in [6.45, 7) is 5.80. The standard InChI is InChI=1S/C22H25N5O3/c1-15(2)26-14-16-12-17(6-8-20(16)24-26)23-22(28)19-13-18(27(29)30)7-9-21(19)25-10-4-3-5-11-25/h6-9,12-15H,3-5,10-11H2,1-2H3,(H,23,28). The van der Waals surface area contributed by atoms with Crippen molar-refractivity contribution >= 4 is 33.9 Å². The summed E-state index contributed by atoms with van der Waals surface area (Å²) in [6.07, 6.45) is 5.21. The summed E-state index contributed by atoms with van der Waals surface area (Å²) in [5, 5.41) is 19.6. The number of carbonyl (C=O) groups is 1. The average Bonchev–Trinajstić information content (AvgIpc) is 3.18. The van der Waals surface area contributed by atoms with Crippen molar-refractivity contribution in [3.05, 3.63) is 58.3 Å². The zero-order chi connectivity index (χ0) is 21.3. The molecule has 2 aromatic carbocycles. The summed E-state index contributed by atoms with van der Waals surface area (Å²) >= 11 is 0. The molecule has 1 fully saturated rings. The zero-order valence-corrected chi connectivity index (χ0v) is 17.2. The quantitative estimate of drug-likeness (QED) is 0.486. The van der Waals surface area contributed by atoms with E-state index in [4.69, 9.17) is 0 Å². The number of nitrogens with zero attached hydrogens (tertiary/aromatic N) is 4. The van der Waals surface area contributed by atoms with Crippen LogP contribution in [0.15, 0.2) is 42.6 Å². The van der Waals surface area contributed by atoms with E-state index in [1.54, 1.807) is 12.1 Å². The molecule has 0 spiro atoms. The van der Waals surface area contributed by atoms with Gasteiger partial charge in [-0.25, -0.2) is 0 Å². The van der Waals surface area contributed by atoms with Gasteiger partial charge in [-0.3, -0.25) is 19.6 Å². The third-order valence-corrected chi connectivity index (χ3v) is 5.44. The lowest BCUT2D eigenvalue weighted by Gasteiger charge is -2.30. The average molecular weight is 407 g/mol. The van der Waals surface area contributed by atoms with Gasteiger partial charge in [0.1, 0.15) is 0 Å². The number of carbonyl (C=O) groups excluding carboxylic acids is 1. The molecule has 2 heterocycles. The number of amides is 1. The number of hydrogen-bond donors (Lipinski definition) is 1. The number of piperidine rings is 1. The van der Waals surface area contributed by atoms with Gasteiger partial charge in [-0.2, -0.15) is 5.10 Å². The first-order chi connectivity index (χ1) is 14.4. The monoisotopic (exact) mass is 407 g/mol. The Balaban J connectivity index is 1.65. The van der Waals surface area contributed by atoms with Crippen LogP contribution in [0.1, 0.15) is 49.5 Å². The number of aromatic nitrogens is 2. The SMILES string of the molecule is CC(C)n1cc2cc(NC(=O)c3cc([N+](=O)[O-])ccc3N3CCCCC3)ccc2n1. The fourth-order valence-corrected chi connectivity index (χ4v) is 3.82. The van der Waals surface area contributed by atoms with Gasteiger partial charge in [0, 0.05) is 48.5 Å². The molecule has 8 nitrogen and oxygen atoms in total. The van der Waals surface area contributed by atoms with Crippen molar-refractivity contribution in [2.24, 2.45) is 0 Å². The highest BCUT2D eigenvalue weighted by Crippen LogP contribution is 2.29. The highest BCUT2D eigenvalue weighted by molar-refractivity contribution is 6.09. The number of nitro benzene ring substituents is 1. The predicted octanol–water partition coefficient (Wildman–Crippen LogP) is 4.77. The Morgan fingerprint density at radius 2 is 1.90 bits per heavy atom. The Morgan fingerprint density at radius 1 is 1.13 bits per heavy atom. The van der Waals surface area contributed by atoms with E-state index in [0.717, 1.165) is 48.9 Å². The maximum Gasteiger partial charge on any atom is 0.270 e. The molecule has 1 N–H and O–H groups in total. The smallest absolute Gasteiger partial charge is 0.270 e. The molecule has 0 saturated carbocycles. The molecular weight excluding hydrogens is 382 g/mol. The van der Waals surface area contributed by atoms with Crippen LogP contribution in [0.5, 0.6) is 0 Å². The normalized spacial score (nSPS) is 14.3. The van der Waals surface area contributed by atoms with Crippen LogP contribution in [0.4, 0.5) is 17.1 Å². The summed E-state index contributed by atoms with van der Waals surface area (Å²) in [7, 11) is 0. The zero-order valence-electron chi connectivity index (χ0n) is 17.2. The molecule has 4 rings (SSSR count). The van der Waals surface area contributed by atoms with Crippen molar-refractivity contribution in [2.75, 3.05) is 23.3 Å². The first kappa shape index (κ1) is 19.9. The molecule has 8 heteroatoms. The minimum atomic E-state index is -0.469. The number of fused-ring (bicyclic) bond motifs is 1. The lowest BCUT2D eigenvalue weighted by molar-refractivity contribution is -0.384. The van der Waals surface area contributed by atoms with Crippen molar-refractivity contribution in [3.63, 3.8) is 0 Å². The van der Waals surface area contributed by atoms with Gasteiger partial charge >= 0.3 is 0 Å². The Kier molecular flexibility index (Phi) is 5.39.